The van der Waals surface area contributed by atoms with Crippen molar-refractivity contribution in [3.63, 3.8) is 0 Å². The lowest BCUT2D eigenvalue weighted by Crippen LogP contribution is -1.55. The molecule has 0 fully saturated rings. The monoisotopic (exact) mass is 91.0 g/mol. The van der Waals surface area contributed by atoms with Gasteiger partial charge in [0.2, 0.25) is 6.40 Å². The van der Waals surface area contributed by atoms with Crippen molar-refractivity contribution in [2.75, 3.05) is 0 Å². The van der Waals surface area contributed by atoms with E-state index in [0.29, 0.717) is 0 Å². The molecule has 1 aliphatic heterocycles. The van der Waals surface area contributed by atoms with E-state index in [1.165, 1.54) is 6.40 Å². The van der Waals surface area contributed by atoms with E-state index in [1.807, 2.05) is 0 Å². The number of hydrogen-bond donors (Lipinski definition) is 0. The fraction of sp³-hybridized carbons (Fsp3) is 0. The van der Waals surface area contributed by atoms with E-state index in [9.17, 15) is 0 Å². The van der Waals surface area contributed by atoms with E-state index in [-0.39, 0.29) is 0 Å². The van der Waals surface area contributed by atoms with Crippen LogP contribution in [0.1, 0.15) is 0 Å². The number of oxime groups is 1. The SMILES string of the molecule is C1=NOSO1. The summed E-state index contributed by atoms with van der Waals surface area (Å²) in [5, 5.41) is 3.20. The zero-order valence-electron chi connectivity index (χ0n) is 2.25. The number of hydrogen-bond acceptors (Lipinski definition) is 4. The third-order valence-corrected chi connectivity index (χ3v) is 0.510. The Labute approximate surface area is 33.4 Å². The molecule has 0 unspecified atom stereocenters. The third-order valence-electron chi connectivity index (χ3n) is 0.199. The Hall–Kier alpha value is -0.380. The molecule has 0 N–H and O–H groups in total. The van der Waals surface area contributed by atoms with Crippen molar-refractivity contribution in [3.8, 4) is 0 Å². The van der Waals surface area contributed by atoms with E-state index < -0.39 is 0 Å². The summed E-state index contributed by atoms with van der Waals surface area (Å²) >= 11 is 0.852. The standard InChI is InChI=1S/CHNO2S/c1-2-4-5-3-1/h1H. The average molecular weight is 91.1 g/mol. The first-order chi connectivity index (χ1) is 2.50. The number of rotatable bonds is 0. The molecule has 0 saturated carbocycles. The van der Waals surface area contributed by atoms with Gasteiger partial charge >= 0.3 is 12.3 Å². The molecule has 0 amide bonds. The second kappa shape index (κ2) is 1.16. The molecule has 0 atom stereocenters. The van der Waals surface area contributed by atoms with Gasteiger partial charge in [0.15, 0.2) is 0 Å². The second-order valence-electron chi connectivity index (χ2n) is 0.450. The van der Waals surface area contributed by atoms with Crippen LogP contribution in [0, 0.1) is 0 Å². The molecule has 0 aromatic rings. The highest BCUT2D eigenvalue weighted by Gasteiger charge is 1.89. The molecule has 0 bridgehead atoms. The van der Waals surface area contributed by atoms with Gasteiger partial charge in [0.1, 0.15) is 0 Å². The van der Waals surface area contributed by atoms with Crippen molar-refractivity contribution in [2.24, 2.45) is 5.16 Å². The minimum absolute atomic E-state index is 0.852. The first-order valence-electron chi connectivity index (χ1n) is 1.01. The summed E-state index contributed by atoms with van der Waals surface area (Å²) in [5.41, 5.74) is 0. The normalized spacial score (nSPS) is 17.6. The van der Waals surface area contributed by atoms with Gasteiger partial charge in [-0.1, -0.05) is 0 Å². The van der Waals surface area contributed by atoms with Crippen molar-refractivity contribution < 1.29 is 8.47 Å². The van der Waals surface area contributed by atoms with Gasteiger partial charge in [0.25, 0.3) is 0 Å². The lowest BCUT2D eigenvalue weighted by Gasteiger charge is -1.71. The van der Waals surface area contributed by atoms with Crippen LogP contribution >= 0.6 is 12.3 Å². The van der Waals surface area contributed by atoms with E-state index in [2.05, 4.69) is 13.6 Å². The molecule has 0 aromatic carbocycles. The Bertz CT molecular complexity index is 47.6. The molecule has 4 heteroatoms. The lowest BCUT2D eigenvalue weighted by atomic mass is 11.6. The van der Waals surface area contributed by atoms with Crippen LogP contribution < -0.4 is 0 Å². The van der Waals surface area contributed by atoms with Crippen molar-refractivity contribution >= 4 is 18.7 Å². The van der Waals surface area contributed by atoms with Crippen molar-refractivity contribution in [3.05, 3.63) is 0 Å². The van der Waals surface area contributed by atoms with Crippen LogP contribution in [0.2, 0.25) is 0 Å². The largest absolute Gasteiger partial charge is 0.374 e. The first-order valence-corrected chi connectivity index (χ1v) is 1.68. The summed E-state index contributed by atoms with van der Waals surface area (Å²) in [7, 11) is 0. The Kier molecular flexibility index (Phi) is 0.660. The smallest absolute Gasteiger partial charge is 0.319 e. The van der Waals surface area contributed by atoms with E-state index in [4.69, 9.17) is 0 Å². The summed E-state index contributed by atoms with van der Waals surface area (Å²) < 4.78 is 8.56. The first kappa shape index (κ1) is 2.84. The van der Waals surface area contributed by atoms with Gasteiger partial charge in [-0.25, -0.2) is 0 Å². The minimum atomic E-state index is 0.852. The highest BCUT2D eigenvalue weighted by Crippen LogP contribution is 2.07. The Balaban J connectivity index is 2.32. The summed E-state index contributed by atoms with van der Waals surface area (Å²) in [4.78, 5) is 0. The summed E-state index contributed by atoms with van der Waals surface area (Å²) in [6.07, 6.45) is 1.23. The molecular weight excluding hydrogens is 90.1 g/mol. The molecule has 0 spiro atoms. The topological polar surface area (TPSA) is 30.8 Å². The van der Waals surface area contributed by atoms with Gasteiger partial charge in [-0.3, -0.25) is 4.28 Å². The molecule has 1 heterocycles. The Morgan fingerprint density at radius 1 is 1.80 bits per heavy atom. The van der Waals surface area contributed by atoms with Crippen LogP contribution in [0.5, 0.6) is 0 Å². The summed E-state index contributed by atoms with van der Waals surface area (Å²) in [6, 6.07) is 0. The molecule has 0 aromatic heterocycles. The highest BCUT2D eigenvalue weighted by atomic mass is 32.2. The Morgan fingerprint density at radius 2 is 2.80 bits per heavy atom. The molecule has 0 saturated heterocycles. The van der Waals surface area contributed by atoms with Crippen LogP contribution in [0.25, 0.3) is 0 Å². The van der Waals surface area contributed by atoms with Gasteiger partial charge < -0.3 is 4.18 Å². The van der Waals surface area contributed by atoms with Gasteiger partial charge in [-0.2, -0.15) is 0 Å². The van der Waals surface area contributed by atoms with E-state index in [1.54, 1.807) is 0 Å². The molecule has 1 aliphatic rings. The molecule has 1 rings (SSSR count). The van der Waals surface area contributed by atoms with Gasteiger partial charge in [0, 0.05) is 0 Å². The maximum absolute atomic E-state index is 4.35. The predicted molar refractivity (Wildman–Crippen MR) is 18.3 cm³/mol. The maximum atomic E-state index is 4.35. The van der Waals surface area contributed by atoms with E-state index in [0.717, 1.165) is 12.3 Å². The molecular formula is CHNO2S. The fourth-order valence-electron chi connectivity index (χ4n) is 0.0878. The molecule has 3 nitrogen and oxygen atoms in total. The molecule has 28 valence electrons. The fourth-order valence-corrected chi connectivity index (χ4v) is 0.264. The summed E-state index contributed by atoms with van der Waals surface area (Å²) in [6.45, 7) is 0. The van der Waals surface area contributed by atoms with Crippen LogP contribution in [-0.4, -0.2) is 6.40 Å². The van der Waals surface area contributed by atoms with Gasteiger partial charge in [0.05, 0.1) is 0 Å². The van der Waals surface area contributed by atoms with Crippen molar-refractivity contribution in [1.29, 1.82) is 0 Å². The lowest BCUT2D eigenvalue weighted by molar-refractivity contribution is 0.411. The third kappa shape index (κ3) is 0.445. The Morgan fingerprint density at radius 3 is 3.00 bits per heavy atom. The average Bonchev–Trinajstić information content (AvgIpc) is 1.76. The quantitative estimate of drug-likeness (QED) is 0.407. The molecule has 0 aliphatic carbocycles. The van der Waals surface area contributed by atoms with Crippen LogP contribution in [0.15, 0.2) is 5.16 Å². The van der Waals surface area contributed by atoms with Crippen LogP contribution in [-0.2, 0) is 8.47 Å². The predicted octanol–water partition coefficient (Wildman–Crippen LogP) is 0.540. The van der Waals surface area contributed by atoms with Crippen LogP contribution in [0.3, 0.4) is 0 Å². The molecule has 5 heavy (non-hydrogen) atoms. The van der Waals surface area contributed by atoms with Crippen molar-refractivity contribution in [1.82, 2.24) is 0 Å². The van der Waals surface area contributed by atoms with Gasteiger partial charge in [-0.05, 0) is 5.16 Å². The van der Waals surface area contributed by atoms with Gasteiger partial charge in [-0.15, -0.1) is 0 Å². The van der Waals surface area contributed by atoms with E-state index >= 15 is 0 Å². The minimum Gasteiger partial charge on any atom is -0.374 e. The van der Waals surface area contributed by atoms with Crippen molar-refractivity contribution in [2.45, 2.75) is 0 Å². The second-order valence-corrected chi connectivity index (χ2v) is 0.927. The summed E-state index contributed by atoms with van der Waals surface area (Å²) in [5.74, 6) is 0. The zero-order chi connectivity index (χ0) is 3.54. The highest BCUT2D eigenvalue weighted by molar-refractivity contribution is 7.90. The van der Waals surface area contributed by atoms with Crippen LogP contribution in [0.4, 0.5) is 0 Å². The maximum Gasteiger partial charge on any atom is 0.319 e. The molecule has 0 radical (unpaired) electrons. The number of nitrogens with zero attached hydrogens (tertiary/aromatic N) is 1. The zero-order valence-corrected chi connectivity index (χ0v) is 3.07.